The monoisotopic (exact) mass is 485 g/mol. The highest BCUT2D eigenvalue weighted by Crippen LogP contribution is 2.23. The van der Waals surface area contributed by atoms with Crippen LogP contribution in [-0.4, -0.2) is 31.6 Å². The normalized spacial score (nSPS) is 11.1. The van der Waals surface area contributed by atoms with Gasteiger partial charge in [0.15, 0.2) is 11.6 Å². The predicted octanol–water partition coefficient (Wildman–Crippen LogP) is 3.98. The number of hydrogen-bond acceptors (Lipinski definition) is 8. The molecule has 0 aliphatic carbocycles. The second kappa shape index (κ2) is 11.4. The fourth-order valence-electron chi connectivity index (χ4n) is 2.61. The number of sulfonamides is 1. The van der Waals surface area contributed by atoms with Crippen molar-refractivity contribution in [1.82, 2.24) is 14.9 Å². The van der Waals surface area contributed by atoms with Gasteiger partial charge in [-0.15, -0.1) is 6.42 Å². The molecule has 2 aromatic carbocycles. The Morgan fingerprint density at radius 1 is 1.12 bits per heavy atom. The molecular formula is C23H24FN5O4S. The Hall–Kier alpha value is -3.72. The summed E-state index contributed by atoms with van der Waals surface area (Å²) >= 11 is 0. The third-order valence-corrected chi connectivity index (χ3v) is 5.38. The van der Waals surface area contributed by atoms with Gasteiger partial charge in [-0.25, -0.2) is 17.8 Å². The topological polar surface area (TPSA) is 114 Å². The van der Waals surface area contributed by atoms with E-state index in [2.05, 4.69) is 31.4 Å². The lowest BCUT2D eigenvalue weighted by Crippen LogP contribution is -2.25. The van der Waals surface area contributed by atoms with E-state index in [9.17, 15) is 12.8 Å². The number of ether oxygens (including phenoxy) is 1. The molecule has 0 aliphatic rings. The van der Waals surface area contributed by atoms with Crippen LogP contribution in [0.4, 0.5) is 27.5 Å². The SMILES string of the molecule is C#CCOc1ccc(Nc2nc(Nc3cccc(S(=O)(=O)NOCC(C)C)c3)ncc2F)cc1. The van der Waals surface area contributed by atoms with E-state index < -0.39 is 15.8 Å². The van der Waals surface area contributed by atoms with E-state index in [1.807, 2.05) is 13.8 Å². The number of halogens is 1. The summed E-state index contributed by atoms with van der Waals surface area (Å²) in [6.45, 7) is 4.17. The molecule has 0 aliphatic heterocycles. The van der Waals surface area contributed by atoms with E-state index in [0.717, 1.165) is 6.20 Å². The van der Waals surface area contributed by atoms with E-state index in [0.29, 0.717) is 17.1 Å². The summed E-state index contributed by atoms with van der Waals surface area (Å²) in [5.74, 6) is 2.45. The lowest BCUT2D eigenvalue weighted by molar-refractivity contribution is 0.0719. The summed E-state index contributed by atoms with van der Waals surface area (Å²) in [7, 11) is -3.88. The molecule has 1 heterocycles. The highest BCUT2D eigenvalue weighted by atomic mass is 32.2. The van der Waals surface area contributed by atoms with Crippen LogP contribution >= 0.6 is 0 Å². The maximum Gasteiger partial charge on any atom is 0.262 e. The molecule has 0 saturated heterocycles. The zero-order valence-electron chi connectivity index (χ0n) is 18.6. The minimum atomic E-state index is -3.88. The van der Waals surface area contributed by atoms with Gasteiger partial charge < -0.3 is 15.4 Å². The molecule has 3 rings (SSSR count). The summed E-state index contributed by atoms with van der Waals surface area (Å²) in [5.41, 5.74) is 0.955. The average molecular weight is 486 g/mol. The van der Waals surface area contributed by atoms with Crippen LogP contribution in [0.15, 0.2) is 59.6 Å². The van der Waals surface area contributed by atoms with Gasteiger partial charge in [0.05, 0.1) is 17.7 Å². The summed E-state index contributed by atoms with van der Waals surface area (Å²) < 4.78 is 44.4. The highest BCUT2D eigenvalue weighted by molar-refractivity contribution is 7.89. The second-order valence-corrected chi connectivity index (χ2v) is 9.12. The maximum atomic E-state index is 14.3. The molecule has 0 bridgehead atoms. The number of nitrogens with one attached hydrogen (secondary N) is 3. The van der Waals surface area contributed by atoms with Crippen LogP contribution in [-0.2, 0) is 14.9 Å². The zero-order valence-corrected chi connectivity index (χ0v) is 19.4. The van der Waals surface area contributed by atoms with Gasteiger partial charge >= 0.3 is 0 Å². The van der Waals surface area contributed by atoms with Crippen molar-refractivity contribution in [1.29, 1.82) is 0 Å². The van der Waals surface area contributed by atoms with Crippen LogP contribution in [0, 0.1) is 24.1 Å². The molecule has 1 aromatic heterocycles. The van der Waals surface area contributed by atoms with E-state index >= 15 is 0 Å². The molecule has 34 heavy (non-hydrogen) atoms. The summed E-state index contributed by atoms with van der Waals surface area (Å²) in [6, 6.07) is 12.7. The first-order valence-electron chi connectivity index (χ1n) is 10.2. The van der Waals surface area contributed by atoms with Crippen molar-refractivity contribution >= 4 is 33.2 Å². The van der Waals surface area contributed by atoms with Crippen LogP contribution in [0.1, 0.15) is 13.8 Å². The average Bonchev–Trinajstić information content (AvgIpc) is 2.80. The highest BCUT2D eigenvalue weighted by Gasteiger charge is 2.16. The van der Waals surface area contributed by atoms with Crippen molar-refractivity contribution in [2.45, 2.75) is 18.7 Å². The number of terminal acetylenes is 1. The van der Waals surface area contributed by atoms with E-state index in [1.54, 1.807) is 36.4 Å². The van der Waals surface area contributed by atoms with Gasteiger partial charge in [-0.05, 0) is 48.4 Å². The van der Waals surface area contributed by atoms with Crippen molar-refractivity contribution in [3.63, 3.8) is 0 Å². The van der Waals surface area contributed by atoms with Crippen molar-refractivity contribution in [3.05, 3.63) is 60.5 Å². The molecule has 0 saturated carbocycles. The van der Waals surface area contributed by atoms with Crippen LogP contribution in [0.5, 0.6) is 5.75 Å². The van der Waals surface area contributed by atoms with Gasteiger partial charge in [0.25, 0.3) is 10.0 Å². The largest absolute Gasteiger partial charge is 0.481 e. The number of benzene rings is 2. The molecule has 3 aromatic rings. The Bertz CT molecular complexity index is 1260. The molecular weight excluding hydrogens is 461 g/mol. The Kier molecular flexibility index (Phi) is 8.37. The fraction of sp³-hybridized carbons (Fsp3) is 0.217. The van der Waals surface area contributed by atoms with Gasteiger partial charge in [0.1, 0.15) is 12.4 Å². The third-order valence-electron chi connectivity index (χ3n) is 4.17. The lowest BCUT2D eigenvalue weighted by Gasteiger charge is -2.12. The number of aromatic nitrogens is 2. The van der Waals surface area contributed by atoms with E-state index in [4.69, 9.17) is 16.0 Å². The third kappa shape index (κ3) is 7.14. The molecule has 0 spiro atoms. The first kappa shape index (κ1) is 24.9. The molecule has 0 atom stereocenters. The number of anilines is 4. The predicted molar refractivity (Wildman–Crippen MR) is 127 cm³/mol. The molecule has 0 fully saturated rings. The first-order chi connectivity index (χ1) is 16.3. The Labute approximate surface area is 197 Å². The number of hydrogen-bond donors (Lipinski definition) is 3. The van der Waals surface area contributed by atoms with Crippen LogP contribution in [0.3, 0.4) is 0 Å². The zero-order chi connectivity index (χ0) is 24.6. The second-order valence-electron chi connectivity index (χ2n) is 7.48. The van der Waals surface area contributed by atoms with Crippen molar-refractivity contribution in [2.24, 2.45) is 5.92 Å². The minimum Gasteiger partial charge on any atom is -0.481 e. The van der Waals surface area contributed by atoms with Crippen molar-refractivity contribution in [2.75, 3.05) is 23.8 Å². The van der Waals surface area contributed by atoms with Gasteiger partial charge in [-0.1, -0.05) is 30.7 Å². The van der Waals surface area contributed by atoms with Gasteiger partial charge in [0.2, 0.25) is 5.95 Å². The summed E-state index contributed by atoms with van der Waals surface area (Å²) in [4.78, 5) is 15.2. The Morgan fingerprint density at radius 2 is 1.88 bits per heavy atom. The summed E-state index contributed by atoms with van der Waals surface area (Å²) in [5, 5.41) is 5.74. The minimum absolute atomic E-state index is 0.0196. The quantitative estimate of drug-likeness (QED) is 0.276. The van der Waals surface area contributed by atoms with E-state index in [1.165, 1.54) is 12.1 Å². The maximum absolute atomic E-state index is 14.3. The molecule has 11 heteroatoms. The van der Waals surface area contributed by atoms with Crippen LogP contribution < -0.4 is 20.3 Å². The molecule has 0 unspecified atom stereocenters. The van der Waals surface area contributed by atoms with Gasteiger partial charge in [-0.3, -0.25) is 4.84 Å². The molecule has 3 N–H and O–H groups in total. The molecule has 0 amide bonds. The fourth-order valence-corrected chi connectivity index (χ4v) is 3.47. The number of rotatable bonds is 11. The lowest BCUT2D eigenvalue weighted by atomic mass is 10.2. The first-order valence-corrected chi connectivity index (χ1v) is 11.7. The van der Waals surface area contributed by atoms with Crippen LogP contribution in [0.25, 0.3) is 0 Å². The van der Waals surface area contributed by atoms with Crippen molar-refractivity contribution < 1.29 is 22.4 Å². The Balaban J connectivity index is 1.71. The molecule has 9 nitrogen and oxygen atoms in total. The standard InChI is InChI=1S/C23H24FN5O4S/c1-4-12-32-19-10-8-17(9-11-19)26-22-21(24)14-25-23(28-22)27-18-6-5-7-20(13-18)34(30,31)29-33-15-16(2)3/h1,5-11,13-14,16,29H,12,15H2,2-3H3,(H2,25,26,27,28). The van der Waals surface area contributed by atoms with E-state index in [-0.39, 0.29) is 35.8 Å². The molecule has 178 valence electrons. The summed E-state index contributed by atoms with van der Waals surface area (Å²) in [6.07, 6.45) is 6.17. The number of nitrogens with zero attached hydrogens (tertiary/aromatic N) is 2. The van der Waals surface area contributed by atoms with Crippen molar-refractivity contribution in [3.8, 4) is 18.1 Å². The smallest absolute Gasteiger partial charge is 0.262 e. The van der Waals surface area contributed by atoms with Crippen LogP contribution in [0.2, 0.25) is 0 Å². The van der Waals surface area contributed by atoms with Gasteiger partial charge in [0, 0.05) is 11.4 Å². The Morgan fingerprint density at radius 3 is 2.59 bits per heavy atom. The molecule has 0 radical (unpaired) electrons. The van der Waals surface area contributed by atoms with Gasteiger partial charge in [-0.2, -0.15) is 4.98 Å².